The maximum absolute atomic E-state index is 13.3. The summed E-state index contributed by atoms with van der Waals surface area (Å²) in [6, 6.07) is 21.3. The van der Waals surface area contributed by atoms with E-state index in [1.54, 1.807) is 14.2 Å². The predicted molar refractivity (Wildman–Crippen MR) is 115 cm³/mol. The molecule has 0 aromatic heterocycles. The van der Waals surface area contributed by atoms with Crippen molar-refractivity contribution in [1.82, 2.24) is 4.90 Å². The molecule has 4 rings (SSSR count). The van der Waals surface area contributed by atoms with E-state index in [2.05, 4.69) is 0 Å². The Labute approximate surface area is 176 Å². The lowest BCUT2D eigenvalue weighted by atomic mass is 9.97. The summed E-state index contributed by atoms with van der Waals surface area (Å²) in [6.07, 6.45) is 0.782. The highest BCUT2D eigenvalue weighted by Gasteiger charge is 2.25. The van der Waals surface area contributed by atoms with E-state index in [1.807, 2.05) is 71.6 Å². The second-order valence-electron chi connectivity index (χ2n) is 7.21. The Balaban J connectivity index is 1.53. The van der Waals surface area contributed by atoms with Crippen molar-refractivity contribution in [1.29, 1.82) is 0 Å². The van der Waals surface area contributed by atoms with Gasteiger partial charge >= 0.3 is 0 Å². The predicted octanol–water partition coefficient (Wildman–Crippen LogP) is 4.48. The van der Waals surface area contributed by atoms with Gasteiger partial charge in [0.1, 0.15) is 12.4 Å². The first kappa shape index (κ1) is 19.8. The first-order valence-electron chi connectivity index (χ1n) is 9.98. The number of carbonyl (C=O) groups excluding carboxylic acids is 1. The summed E-state index contributed by atoms with van der Waals surface area (Å²) >= 11 is 0. The number of fused-ring (bicyclic) bond motifs is 1. The van der Waals surface area contributed by atoms with Gasteiger partial charge in [-0.25, -0.2) is 0 Å². The summed E-state index contributed by atoms with van der Waals surface area (Å²) in [5.74, 6) is 2.21. The Morgan fingerprint density at radius 1 is 0.900 bits per heavy atom. The lowest BCUT2D eigenvalue weighted by Gasteiger charge is -2.30. The zero-order valence-electron chi connectivity index (χ0n) is 17.3. The molecule has 0 radical (unpaired) electrons. The topological polar surface area (TPSA) is 48.0 Å². The Morgan fingerprint density at radius 3 is 2.30 bits per heavy atom. The van der Waals surface area contributed by atoms with Crippen molar-refractivity contribution in [2.75, 3.05) is 20.8 Å². The zero-order valence-corrected chi connectivity index (χ0v) is 17.3. The van der Waals surface area contributed by atoms with Crippen molar-refractivity contribution < 1.29 is 19.0 Å². The number of hydrogen-bond acceptors (Lipinski definition) is 4. The average molecular weight is 403 g/mol. The van der Waals surface area contributed by atoms with Crippen LogP contribution in [-0.2, 0) is 19.6 Å². The van der Waals surface area contributed by atoms with Crippen LogP contribution in [0.25, 0.3) is 0 Å². The van der Waals surface area contributed by atoms with Gasteiger partial charge in [-0.3, -0.25) is 4.79 Å². The molecule has 0 saturated carbocycles. The zero-order chi connectivity index (χ0) is 20.9. The summed E-state index contributed by atoms with van der Waals surface area (Å²) in [7, 11) is 3.26. The number of methoxy groups -OCH3 is 2. The highest BCUT2D eigenvalue weighted by Crippen LogP contribution is 2.33. The number of para-hydroxylation sites is 1. The van der Waals surface area contributed by atoms with Crippen LogP contribution in [0.3, 0.4) is 0 Å². The maximum atomic E-state index is 13.3. The van der Waals surface area contributed by atoms with E-state index in [4.69, 9.17) is 14.2 Å². The molecule has 1 aliphatic rings. The van der Waals surface area contributed by atoms with Crippen LogP contribution in [0.1, 0.15) is 27.0 Å². The molecule has 1 heterocycles. The second-order valence-corrected chi connectivity index (χ2v) is 7.21. The molecule has 3 aromatic carbocycles. The summed E-state index contributed by atoms with van der Waals surface area (Å²) in [4.78, 5) is 15.2. The fourth-order valence-corrected chi connectivity index (χ4v) is 3.76. The molecule has 0 fully saturated rings. The van der Waals surface area contributed by atoms with E-state index in [1.165, 1.54) is 5.56 Å². The van der Waals surface area contributed by atoms with Gasteiger partial charge in [-0.1, -0.05) is 36.4 Å². The molecule has 1 amide bonds. The van der Waals surface area contributed by atoms with Gasteiger partial charge in [0.15, 0.2) is 11.5 Å². The van der Waals surface area contributed by atoms with Crippen molar-refractivity contribution >= 4 is 5.91 Å². The molecule has 154 valence electrons. The second kappa shape index (κ2) is 8.91. The summed E-state index contributed by atoms with van der Waals surface area (Å²) in [5, 5.41) is 0. The van der Waals surface area contributed by atoms with Gasteiger partial charge in [0, 0.05) is 24.2 Å². The number of carbonyl (C=O) groups is 1. The molecular weight excluding hydrogens is 378 g/mol. The van der Waals surface area contributed by atoms with E-state index < -0.39 is 0 Å². The van der Waals surface area contributed by atoms with Gasteiger partial charge in [0.05, 0.1) is 14.2 Å². The van der Waals surface area contributed by atoms with Crippen molar-refractivity contribution in [3.8, 4) is 17.2 Å². The molecule has 30 heavy (non-hydrogen) atoms. The minimum atomic E-state index is 0.0164. The molecule has 5 heteroatoms. The molecule has 0 bridgehead atoms. The van der Waals surface area contributed by atoms with Crippen molar-refractivity contribution in [2.45, 2.75) is 19.6 Å². The third-order valence-electron chi connectivity index (χ3n) is 5.39. The average Bonchev–Trinajstić information content (AvgIpc) is 2.81. The highest BCUT2D eigenvalue weighted by atomic mass is 16.5. The molecule has 0 saturated heterocycles. The number of rotatable bonds is 6. The number of nitrogens with zero attached hydrogens (tertiary/aromatic N) is 1. The Hall–Kier alpha value is -3.47. The molecule has 3 aromatic rings. The number of ether oxygens (including phenoxy) is 3. The number of hydrogen-bond donors (Lipinski definition) is 0. The molecule has 5 nitrogen and oxygen atoms in total. The van der Waals surface area contributed by atoms with Gasteiger partial charge < -0.3 is 19.1 Å². The SMILES string of the molecule is COc1cc2c(cc1OC)CN(C(=O)c1ccccc1COc1ccccc1)CC2. The largest absolute Gasteiger partial charge is 0.493 e. The molecule has 0 atom stereocenters. The summed E-state index contributed by atoms with van der Waals surface area (Å²) in [6.45, 7) is 1.55. The summed E-state index contributed by atoms with van der Waals surface area (Å²) in [5.41, 5.74) is 3.84. The highest BCUT2D eigenvalue weighted by molar-refractivity contribution is 5.95. The van der Waals surface area contributed by atoms with Gasteiger partial charge in [0.2, 0.25) is 0 Å². The van der Waals surface area contributed by atoms with Crippen LogP contribution < -0.4 is 14.2 Å². The van der Waals surface area contributed by atoms with Crippen molar-refractivity contribution in [3.05, 3.63) is 89.0 Å². The van der Waals surface area contributed by atoms with E-state index in [-0.39, 0.29) is 5.91 Å². The van der Waals surface area contributed by atoms with Crippen LogP contribution in [0, 0.1) is 0 Å². The minimum Gasteiger partial charge on any atom is -0.493 e. The van der Waals surface area contributed by atoms with Crippen LogP contribution in [0.15, 0.2) is 66.7 Å². The van der Waals surface area contributed by atoms with Gasteiger partial charge in [-0.2, -0.15) is 0 Å². The first-order valence-corrected chi connectivity index (χ1v) is 9.98. The van der Waals surface area contributed by atoms with Crippen molar-refractivity contribution in [2.24, 2.45) is 0 Å². The van der Waals surface area contributed by atoms with Crippen LogP contribution in [-0.4, -0.2) is 31.6 Å². The quantitative estimate of drug-likeness (QED) is 0.609. The Morgan fingerprint density at radius 2 is 1.57 bits per heavy atom. The van der Waals surface area contributed by atoms with E-state index >= 15 is 0 Å². The van der Waals surface area contributed by atoms with E-state index in [0.717, 1.165) is 29.0 Å². The lowest BCUT2D eigenvalue weighted by molar-refractivity contribution is 0.0731. The molecule has 0 unspecified atom stereocenters. The van der Waals surface area contributed by atoms with Crippen LogP contribution in [0.4, 0.5) is 0 Å². The normalized spacial score (nSPS) is 12.8. The van der Waals surface area contributed by atoms with Gasteiger partial charge in [0.25, 0.3) is 5.91 Å². The number of benzene rings is 3. The van der Waals surface area contributed by atoms with E-state index in [9.17, 15) is 4.79 Å². The van der Waals surface area contributed by atoms with E-state index in [0.29, 0.717) is 31.0 Å². The third-order valence-corrected chi connectivity index (χ3v) is 5.39. The molecule has 1 aliphatic heterocycles. The van der Waals surface area contributed by atoms with Crippen LogP contribution in [0.5, 0.6) is 17.2 Å². The van der Waals surface area contributed by atoms with Gasteiger partial charge in [-0.05, 0) is 47.9 Å². The number of amides is 1. The summed E-state index contributed by atoms with van der Waals surface area (Å²) < 4.78 is 16.7. The van der Waals surface area contributed by atoms with Crippen LogP contribution in [0.2, 0.25) is 0 Å². The molecule has 0 aliphatic carbocycles. The fourth-order valence-electron chi connectivity index (χ4n) is 3.76. The maximum Gasteiger partial charge on any atom is 0.254 e. The third kappa shape index (κ3) is 4.10. The van der Waals surface area contributed by atoms with Crippen molar-refractivity contribution in [3.63, 3.8) is 0 Å². The molecular formula is C25H25NO4. The standard InChI is InChI=1S/C25H25NO4/c1-28-23-14-18-12-13-26(16-20(18)15-24(23)29-2)25(27)22-11-7-6-8-19(22)17-30-21-9-4-3-5-10-21/h3-11,14-15H,12-13,16-17H2,1-2H3. The van der Waals surface area contributed by atoms with Gasteiger partial charge in [-0.15, -0.1) is 0 Å². The Kier molecular flexibility index (Phi) is 5.89. The fraction of sp³-hybridized carbons (Fsp3) is 0.240. The van der Waals surface area contributed by atoms with Crippen LogP contribution >= 0.6 is 0 Å². The molecule has 0 spiro atoms. The Bertz CT molecular complexity index is 1030. The smallest absolute Gasteiger partial charge is 0.254 e. The first-order chi connectivity index (χ1) is 14.7. The monoisotopic (exact) mass is 403 g/mol. The lowest BCUT2D eigenvalue weighted by Crippen LogP contribution is -2.36. The molecule has 0 N–H and O–H groups in total. The minimum absolute atomic E-state index is 0.0164.